The molecular weight excluding hydrogens is 268 g/mol. The summed E-state index contributed by atoms with van der Waals surface area (Å²) in [5, 5.41) is 0. The molecule has 0 N–H and O–H groups in total. The number of ketones is 1. The SMILES string of the molecule is Cc1cc(C(=O)CN2CCC(N3CCCC3)C2)c(C)s1. The first-order chi connectivity index (χ1) is 9.63. The minimum absolute atomic E-state index is 0.300. The largest absolute Gasteiger partial charge is 0.299 e. The lowest BCUT2D eigenvalue weighted by Crippen LogP contribution is -2.36. The van der Waals surface area contributed by atoms with Crippen molar-refractivity contribution >= 4 is 17.1 Å². The molecule has 0 saturated carbocycles. The zero-order valence-corrected chi connectivity index (χ0v) is 13.3. The predicted octanol–water partition coefficient (Wildman–Crippen LogP) is 2.72. The van der Waals surface area contributed by atoms with Crippen molar-refractivity contribution in [3.63, 3.8) is 0 Å². The first-order valence-electron chi connectivity index (χ1n) is 7.70. The average molecular weight is 292 g/mol. The summed E-state index contributed by atoms with van der Waals surface area (Å²) in [6, 6.07) is 2.74. The van der Waals surface area contributed by atoms with Crippen molar-refractivity contribution in [1.82, 2.24) is 9.80 Å². The third-order valence-corrected chi connectivity index (χ3v) is 5.58. The molecule has 0 bridgehead atoms. The zero-order valence-electron chi connectivity index (χ0n) is 12.5. The standard InChI is InChI=1S/C16H24N2OS/c1-12-9-15(13(2)20-12)16(19)11-17-8-5-14(10-17)18-6-3-4-7-18/h9,14H,3-8,10-11H2,1-2H3. The summed E-state index contributed by atoms with van der Waals surface area (Å²) in [6.45, 7) is 9.41. The molecule has 2 saturated heterocycles. The number of hydrogen-bond donors (Lipinski definition) is 0. The Kier molecular flexibility index (Phi) is 4.24. The summed E-state index contributed by atoms with van der Waals surface area (Å²) in [5.74, 6) is 0.300. The van der Waals surface area contributed by atoms with Crippen LogP contribution < -0.4 is 0 Å². The number of hydrogen-bond acceptors (Lipinski definition) is 4. The van der Waals surface area contributed by atoms with E-state index in [0.717, 1.165) is 18.7 Å². The molecule has 1 aromatic rings. The normalized spacial score (nSPS) is 24.6. The maximum Gasteiger partial charge on any atom is 0.177 e. The van der Waals surface area contributed by atoms with Gasteiger partial charge in [0.15, 0.2) is 5.78 Å². The predicted molar refractivity (Wildman–Crippen MR) is 83.8 cm³/mol. The lowest BCUT2D eigenvalue weighted by molar-refractivity contribution is 0.0940. The molecule has 0 aromatic carbocycles. The van der Waals surface area contributed by atoms with Gasteiger partial charge in [0.1, 0.15) is 0 Å². The van der Waals surface area contributed by atoms with Crippen molar-refractivity contribution in [3.05, 3.63) is 21.4 Å². The quantitative estimate of drug-likeness (QED) is 0.797. The molecule has 3 heterocycles. The summed E-state index contributed by atoms with van der Waals surface area (Å²) < 4.78 is 0. The molecule has 1 atom stereocenters. The second-order valence-corrected chi connectivity index (χ2v) is 7.63. The van der Waals surface area contributed by atoms with Crippen molar-refractivity contribution in [2.24, 2.45) is 0 Å². The fourth-order valence-corrected chi connectivity index (χ4v) is 4.50. The van der Waals surface area contributed by atoms with Gasteiger partial charge >= 0.3 is 0 Å². The Morgan fingerprint density at radius 2 is 2.05 bits per heavy atom. The summed E-state index contributed by atoms with van der Waals surface area (Å²) in [5.41, 5.74) is 0.942. The number of carbonyl (C=O) groups excluding carboxylic acids is 1. The minimum atomic E-state index is 0.300. The van der Waals surface area contributed by atoms with Crippen LogP contribution in [-0.4, -0.2) is 54.3 Å². The molecule has 1 unspecified atom stereocenters. The molecule has 20 heavy (non-hydrogen) atoms. The van der Waals surface area contributed by atoms with Crippen LogP contribution in [0, 0.1) is 13.8 Å². The summed E-state index contributed by atoms with van der Waals surface area (Å²) >= 11 is 1.73. The number of aryl methyl sites for hydroxylation is 2. The topological polar surface area (TPSA) is 23.6 Å². The molecule has 0 aliphatic carbocycles. The Hall–Kier alpha value is -0.710. The smallest absolute Gasteiger partial charge is 0.177 e. The monoisotopic (exact) mass is 292 g/mol. The van der Waals surface area contributed by atoms with Crippen molar-refractivity contribution in [3.8, 4) is 0 Å². The molecule has 2 aliphatic rings. The van der Waals surface area contributed by atoms with Gasteiger partial charge < -0.3 is 0 Å². The molecule has 0 radical (unpaired) electrons. The van der Waals surface area contributed by atoms with Gasteiger partial charge in [-0.05, 0) is 52.3 Å². The Morgan fingerprint density at radius 3 is 2.70 bits per heavy atom. The second kappa shape index (κ2) is 5.96. The lowest BCUT2D eigenvalue weighted by atomic mass is 10.1. The molecular formula is C16H24N2OS. The van der Waals surface area contributed by atoms with E-state index < -0.39 is 0 Å². The highest BCUT2D eigenvalue weighted by Gasteiger charge is 2.30. The van der Waals surface area contributed by atoms with Crippen LogP contribution in [0.1, 0.15) is 39.4 Å². The van der Waals surface area contributed by atoms with E-state index in [1.165, 1.54) is 42.1 Å². The number of carbonyl (C=O) groups is 1. The maximum absolute atomic E-state index is 12.4. The van der Waals surface area contributed by atoms with E-state index in [0.29, 0.717) is 18.4 Å². The number of thiophene rings is 1. The number of likely N-dealkylation sites (tertiary alicyclic amines) is 2. The van der Waals surface area contributed by atoms with Crippen molar-refractivity contribution in [1.29, 1.82) is 0 Å². The van der Waals surface area contributed by atoms with Gasteiger partial charge in [-0.15, -0.1) is 11.3 Å². The van der Waals surface area contributed by atoms with Crippen LogP contribution in [-0.2, 0) is 0 Å². The van der Waals surface area contributed by atoms with Crippen molar-refractivity contribution in [2.45, 2.75) is 39.2 Å². The Bertz CT molecular complexity index is 491. The third kappa shape index (κ3) is 2.97. The van der Waals surface area contributed by atoms with E-state index in [9.17, 15) is 4.79 Å². The van der Waals surface area contributed by atoms with Gasteiger partial charge in [-0.2, -0.15) is 0 Å². The number of Topliss-reactive ketones (excluding diaryl/α,β-unsaturated/α-hetero) is 1. The Balaban J connectivity index is 1.56. The van der Waals surface area contributed by atoms with Gasteiger partial charge in [0, 0.05) is 34.4 Å². The fraction of sp³-hybridized carbons (Fsp3) is 0.688. The fourth-order valence-electron chi connectivity index (χ4n) is 3.56. The van der Waals surface area contributed by atoms with E-state index in [-0.39, 0.29) is 0 Å². The highest BCUT2D eigenvalue weighted by Crippen LogP contribution is 2.23. The molecule has 3 rings (SSSR count). The van der Waals surface area contributed by atoms with Gasteiger partial charge in [-0.25, -0.2) is 0 Å². The Labute approximate surface area is 125 Å². The summed E-state index contributed by atoms with van der Waals surface area (Å²) in [6.07, 6.45) is 3.93. The van der Waals surface area contributed by atoms with Crippen LogP contribution in [0.3, 0.4) is 0 Å². The molecule has 110 valence electrons. The zero-order chi connectivity index (χ0) is 14.1. The van der Waals surface area contributed by atoms with E-state index in [2.05, 4.69) is 29.7 Å². The molecule has 3 nitrogen and oxygen atoms in total. The highest BCUT2D eigenvalue weighted by molar-refractivity contribution is 7.12. The molecule has 4 heteroatoms. The van der Waals surface area contributed by atoms with Crippen LogP contribution in [0.25, 0.3) is 0 Å². The number of nitrogens with zero attached hydrogens (tertiary/aromatic N) is 2. The molecule has 1 aromatic heterocycles. The van der Waals surface area contributed by atoms with Crippen LogP contribution in [0.2, 0.25) is 0 Å². The third-order valence-electron chi connectivity index (χ3n) is 4.61. The van der Waals surface area contributed by atoms with Crippen LogP contribution in [0.5, 0.6) is 0 Å². The van der Waals surface area contributed by atoms with Gasteiger partial charge in [-0.1, -0.05) is 0 Å². The molecule has 2 aliphatic heterocycles. The van der Waals surface area contributed by atoms with Crippen LogP contribution >= 0.6 is 11.3 Å². The van der Waals surface area contributed by atoms with E-state index in [1.54, 1.807) is 11.3 Å². The van der Waals surface area contributed by atoms with Crippen molar-refractivity contribution < 1.29 is 4.79 Å². The van der Waals surface area contributed by atoms with E-state index in [1.807, 2.05) is 0 Å². The van der Waals surface area contributed by atoms with E-state index >= 15 is 0 Å². The van der Waals surface area contributed by atoms with Crippen LogP contribution in [0.15, 0.2) is 6.07 Å². The second-order valence-electron chi connectivity index (χ2n) is 6.17. The number of rotatable bonds is 4. The van der Waals surface area contributed by atoms with Crippen LogP contribution in [0.4, 0.5) is 0 Å². The molecule has 2 fully saturated rings. The van der Waals surface area contributed by atoms with Gasteiger partial charge in [-0.3, -0.25) is 14.6 Å². The molecule has 0 amide bonds. The lowest BCUT2D eigenvalue weighted by Gasteiger charge is -2.23. The summed E-state index contributed by atoms with van der Waals surface area (Å²) in [7, 11) is 0. The first kappa shape index (κ1) is 14.2. The van der Waals surface area contributed by atoms with Gasteiger partial charge in [0.05, 0.1) is 6.54 Å². The summed E-state index contributed by atoms with van der Waals surface area (Å²) in [4.78, 5) is 19.8. The van der Waals surface area contributed by atoms with E-state index in [4.69, 9.17) is 0 Å². The average Bonchev–Trinajstić information content (AvgIpc) is 3.09. The maximum atomic E-state index is 12.4. The van der Waals surface area contributed by atoms with Gasteiger partial charge in [0.25, 0.3) is 0 Å². The highest BCUT2D eigenvalue weighted by atomic mass is 32.1. The molecule has 0 spiro atoms. The Morgan fingerprint density at radius 1 is 1.30 bits per heavy atom. The van der Waals surface area contributed by atoms with Crippen molar-refractivity contribution in [2.75, 3.05) is 32.7 Å². The first-order valence-corrected chi connectivity index (χ1v) is 8.52. The van der Waals surface area contributed by atoms with Gasteiger partial charge in [0.2, 0.25) is 0 Å². The minimum Gasteiger partial charge on any atom is -0.299 e.